The second-order valence-corrected chi connectivity index (χ2v) is 4.25. The summed E-state index contributed by atoms with van der Waals surface area (Å²) in [7, 11) is 0. The molecule has 0 saturated heterocycles. The van der Waals surface area contributed by atoms with Crippen molar-refractivity contribution < 1.29 is 0 Å². The number of nitrogens with zero attached hydrogens (tertiary/aromatic N) is 4. The molecule has 0 aliphatic heterocycles. The summed E-state index contributed by atoms with van der Waals surface area (Å²) in [6.07, 6.45) is 5.26. The van der Waals surface area contributed by atoms with E-state index in [1.165, 1.54) is 0 Å². The fourth-order valence-corrected chi connectivity index (χ4v) is 1.86. The maximum absolute atomic E-state index is 5.76. The Labute approximate surface area is 110 Å². The van der Waals surface area contributed by atoms with E-state index in [-0.39, 0.29) is 0 Å². The van der Waals surface area contributed by atoms with Crippen LogP contribution in [0, 0.1) is 0 Å². The molecule has 0 aliphatic rings. The number of nitrogen functional groups attached to an aromatic ring is 1. The Balaban J connectivity index is 1.84. The van der Waals surface area contributed by atoms with E-state index in [4.69, 9.17) is 5.73 Å². The van der Waals surface area contributed by atoms with Gasteiger partial charge in [0.25, 0.3) is 0 Å². The standard InChI is InChI=1S/C14H13N5/c15-13-3-1-2-12(8-13)14-17-10-19(18-14)9-11-4-6-16-7-5-11/h1-8,10H,9,15H2. The van der Waals surface area contributed by atoms with Crippen LogP contribution in [-0.2, 0) is 6.54 Å². The van der Waals surface area contributed by atoms with Gasteiger partial charge in [-0.15, -0.1) is 0 Å². The molecule has 0 bridgehead atoms. The zero-order valence-corrected chi connectivity index (χ0v) is 10.3. The number of aromatic nitrogens is 4. The minimum atomic E-state index is 0.678. The average Bonchev–Trinajstić information content (AvgIpc) is 2.88. The monoisotopic (exact) mass is 251 g/mol. The highest BCUT2D eigenvalue weighted by Gasteiger charge is 2.04. The zero-order chi connectivity index (χ0) is 13.1. The molecule has 0 fully saturated rings. The molecule has 2 heterocycles. The molecule has 0 spiro atoms. The highest BCUT2D eigenvalue weighted by molar-refractivity contribution is 5.60. The minimum absolute atomic E-state index is 0.678. The van der Waals surface area contributed by atoms with Crippen LogP contribution in [0.15, 0.2) is 55.1 Å². The van der Waals surface area contributed by atoms with E-state index in [9.17, 15) is 0 Å². The van der Waals surface area contributed by atoms with Crippen LogP contribution in [0.5, 0.6) is 0 Å². The van der Waals surface area contributed by atoms with Crippen molar-refractivity contribution in [3.05, 3.63) is 60.7 Å². The fraction of sp³-hybridized carbons (Fsp3) is 0.0714. The summed E-state index contributed by atoms with van der Waals surface area (Å²) in [6, 6.07) is 11.5. The van der Waals surface area contributed by atoms with Gasteiger partial charge in [0.1, 0.15) is 6.33 Å². The molecule has 19 heavy (non-hydrogen) atoms. The van der Waals surface area contributed by atoms with Crippen molar-refractivity contribution in [2.45, 2.75) is 6.54 Å². The molecule has 3 rings (SSSR count). The van der Waals surface area contributed by atoms with Crippen molar-refractivity contribution in [2.24, 2.45) is 0 Å². The minimum Gasteiger partial charge on any atom is -0.399 e. The molecule has 0 radical (unpaired) electrons. The number of rotatable bonds is 3. The third-order valence-corrected chi connectivity index (χ3v) is 2.78. The van der Waals surface area contributed by atoms with E-state index in [0.717, 1.165) is 11.1 Å². The van der Waals surface area contributed by atoms with Gasteiger partial charge in [0, 0.05) is 23.6 Å². The first-order valence-electron chi connectivity index (χ1n) is 5.95. The van der Waals surface area contributed by atoms with Crippen LogP contribution in [0.2, 0.25) is 0 Å². The van der Waals surface area contributed by atoms with E-state index >= 15 is 0 Å². The molecular weight excluding hydrogens is 238 g/mol. The fourth-order valence-electron chi connectivity index (χ4n) is 1.86. The van der Waals surface area contributed by atoms with E-state index in [1.54, 1.807) is 23.4 Å². The van der Waals surface area contributed by atoms with Crippen LogP contribution in [0.1, 0.15) is 5.56 Å². The number of hydrogen-bond donors (Lipinski definition) is 1. The Morgan fingerprint density at radius 1 is 1.11 bits per heavy atom. The van der Waals surface area contributed by atoms with Crippen molar-refractivity contribution in [1.82, 2.24) is 19.7 Å². The molecule has 3 aromatic rings. The Morgan fingerprint density at radius 3 is 2.74 bits per heavy atom. The third-order valence-electron chi connectivity index (χ3n) is 2.78. The van der Waals surface area contributed by atoms with Gasteiger partial charge in [-0.25, -0.2) is 9.67 Å². The van der Waals surface area contributed by atoms with Gasteiger partial charge in [0.05, 0.1) is 6.54 Å². The van der Waals surface area contributed by atoms with Crippen LogP contribution < -0.4 is 5.73 Å². The van der Waals surface area contributed by atoms with Crippen LogP contribution >= 0.6 is 0 Å². The summed E-state index contributed by atoms with van der Waals surface area (Å²) < 4.78 is 1.80. The first-order valence-corrected chi connectivity index (χ1v) is 5.95. The third kappa shape index (κ3) is 2.60. The van der Waals surface area contributed by atoms with Crippen LogP contribution in [0.3, 0.4) is 0 Å². The SMILES string of the molecule is Nc1cccc(-c2ncn(Cc3ccncc3)n2)c1. The summed E-state index contributed by atoms with van der Waals surface area (Å²) in [5.74, 6) is 0.682. The molecule has 0 amide bonds. The molecule has 5 heteroatoms. The molecule has 94 valence electrons. The second kappa shape index (κ2) is 4.89. The predicted molar refractivity (Wildman–Crippen MR) is 73.2 cm³/mol. The number of pyridine rings is 1. The Hall–Kier alpha value is -2.69. The molecule has 0 saturated carbocycles. The molecule has 0 atom stereocenters. The lowest BCUT2D eigenvalue weighted by Crippen LogP contribution is -2.00. The maximum atomic E-state index is 5.76. The van der Waals surface area contributed by atoms with Crippen molar-refractivity contribution >= 4 is 5.69 Å². The van der Waals surface area contributed by atoms with Gasteiger partial charge in [0.2, 0.25) is 0 Å². The Morgan fingerprint density at radius 2 is 1.95 bits per heavy atom. The number of anilines is 1. The molecule has 2 N–H and O–H groups in total. The van der Waals surface area contributed by atoms with Gasteiger partial charge < -0.3 is 5.73 Å². The lowest BCUT2D eigenvalue weighted by molar-refractivity contribution is 0.686. The molecule has 0 aliphatic carbocycles. The second-order valence-electron chi connectivity index (χ2n) is 4.25. The smallest absolute Gasteiger partial charge is 0.181 e. The maximum Gasteiger partial charge on any atom is 0.181 e. The molecule has 0 unspecified atom stereocenters. The number of nitrogens with two attached hydrogens (primary N) is 1. The van der Waals surface area contributed by atoms with Crippen LogP contribution in [0.25, 0.3) is 11.4 Å². The summed E-state index contributed by atoms with van der Waals surface area (Å²) in [6.45, 7) is 0.678. The Bertz CT molecular complexity index is 675. The van der Waals surface area contributed by atoms with Gasteiger partial charge in [-0.05, 0) is 29.8 Å². The van der Waals surface area contributed by atoms with Crippen molar-refractivity contribution in [3.63, 3.8) is 0 Å². The van der Waals surface area contributed by atoms with Crippen molar-refractivity contribution in [3.8, 4) is 11.4 Å². The van der Waals surface area contributed by atoms with E-state index in [2.05, 4.69) is 15.1 Å². The molecular formula is C14H13N5. The summed E-state index contributed by atoms with van der Waals surface area (Å²) in [4.78, 5) is 8.29. The Kier molecular flexibility index (Phi) is 2.94. The summed E-state index contributed by atoms with van der Waals surface area (Å²) in [5, 5.41) is 4.45. The van der Waals surface area contributed by atoms with Crippen LogP contribution in [-0.4, -0.2) is 19.7 Å². The summed E-state index contributed by atoms with van der Waals surface area (Å²) >= 11 is 0. The molecule has 5 nitrogen and oxygen atoms in total. The topological polar surface area (TPSA) is 69.6 Å². The lowest BCUT2D eigenvalue weighted by atomic mass is 10.2. The number of benzene rings is 1. The summed E-state index contributed by atoms with van der Waals surface area (Å²) in [5.41, 5.74) is 8.53. The van der Waals surface area contributed by atoms with Crippen molar-refractivity contribution in [1.29, 1.82) is 0 Å². The van der Waals surface area contributed by atoms with Gasteiger partial charge >= 0.3 is 0 Å². The van der Waals surface area contributed by atoms with Gasteiger partial charge in [-0.3, -0.25) is 4.98 Å². The van der Waals surface area contributed by atoms with Gasteiger partial charge in [-0.2, -0.15) is 5.10 Å². The van der Waals surface area contributed by atoms with Gasteiger partial charge in [0.15, 0.2) is 5.82 Å². The molecule has 2 aromatic heterocycles. The first-order chi connectivity index (χ1) is 9.31. The number of hydrogen-bond acceptors (Lipinski definition) is 4. The van der Waals surface area contributed by atoms with E-state index in [1.807, 2.05) is 36.4 Å². The van der Waals surface area contributed by atoms with Crippen molar-refractivity contribution in [2.75, 3.05) is 5.73 Å². The largest absolute Gasteiger partial charge is 0.399 e. The lowest BCUT2D eigenvalue weighted by Gasteiger charge is -2.00. The zero-order valence-electron chi connectivity index (χ0n) is 10.3. The molecule has 1 aromatic carbocycles. The van der Waals surface area contributed by atoms with Crippen LogP contribution in [0.4, 0.5) is 5.69 Å². The van der Waals surface area contributed by atoms with Gasteiger partial charge in [-0.1, -0.05) is 12.1 Å². The highest BCUT2D eigenvalue weighted by Crippen LogP contribution is 2.17. The highest BCUT2D eigenvalue weighted by atomic mass is 15.3. The van der Waals surface area contributed by atoms with E-state index in [0.29, 0.717) is 18.1 Å². The van der Waals surface area contributed by atoms with E-state index < -0.39 is 0 Å². The first kappa shape index (κ1) is 11.4. The quantitative estimate of drug-likeness (QED) is 0.722. The predicted octanol–water partition coefficient (Wildman–Crippen LogP) is 1.97. The average molecular weight is 251 g/mol. The normalized spacial score (nSPS) is 10.5.